The van der Waals surface area contributed by atoms with Crippen LogP contribution in [0.3, 0.4) is 0 Å². The Morgan fingerprint density at radius 3 is 2.38 bits per heavy atom. The highest BCUT2D eigenvalue weighted by molar-refractivity contribution is 5.80. The number of aromatic nitrogens is 2. The van der Waals surface area contributed by atoms with Crippen LogP contribution in [0.25, 0.3) is 22.4 Å². The Balaban J connectivity index is 1.42. The van der Waals surface area contributed by atoms with Gasteiger partial charge in [0.05, 0.1) is 24.8 Å². The van der Waals surface area contributed by atoms with Gasteiger partial charge in [-0.2, -0.15) is 0 Å². The van der Waals surface area contributed by atoms with Crippen LogP contribution in [-0.2, 0) is 12.0 Å². The molecule has 0 aliphatic heterocycles. The van der Waals surface area contributed by atoms with E-state index in [1.165, 1.54) is 5.56 Å². The van der Waals surface area contributed by atoms with E-state index in [4.69, 9.17) is 14.5 Å². The fraction of sp³-hybridized carbons (Fsp3) is 0.321. The molecule has 0 aliphatic rings. The second kappa shape index (κ2) is 9.47. The number of unbranched alkanes of at least 4 members (excludes halogenated alkanes) is 1. The van der Waals surface area contributed by atoms with Gasteiger partial charge in [0.1, 0.15) is 17.3 Å². The molecular weight excluding hydrogens is 396 g/mol. The zero-order valence-electron chi connectivity index (χ0n) is 19.5. The SMILES string of the molecule is COc1cccc(-c2nc3ccccc3n2CCCCOc2ccc(C(C)(C)C)cc2)c1. The Bertz CT molecular complexity index is 1170. The minimum Gasteiger partial charge on any atom is -0.497 e. The maximum atomic E-state index is 5.98. The molecule has 0 saturated heterocycles. The molecular formula is C28H32N2O2. The minimum atomic E-state index is 0.159. The minimum absolute atomic E-state index is 0.159. The van der Waals surface area contributed by atoms with Crippen molar-refractivity contribution in [3.63, 3.8) is 0 Å². The van der Waals surface area contributed by atoms with Crippen molar-refractivity contribution >= 4 is 11.0 Å². The highest BCUT2D eigenvalue weighted by Gasteiger charge is 2.14. The topological polar surface area (TPSA) is 36.3 Å². The summed E-state index contributed by atoms with van der Waals surface area (Å²) >= 11 is 0. The Kier molecular flexibility index (Phi) is 6.50. The lowest BCUT2D eigenvalue weighted by atomic mass is 9.87. The van der Waals surface area contributed by atoms with Gasteiger partial charge in [0.2, 0.25) is 0 Å². The van der Waals surface area contributed by atoms with Crippen molar-refractivity contribution in [2.45, 2.75) is 45.6 Å². The third-order valence-corrected chi connectivity index (χ3v) is 5.75. The number of benzene rings is 3. The second-order valence-electron chi connectivity index (χ2n) is 9.14. The van der Waals surface area contributed by atoms with Crippen molar-refractivity contribution in [1.29, 1.82) is 0 Å². The lowest BCUT2D eigenvalue weighted by Crippen LogP contribution is -2.10. The van der Waals surface area contributed by atoms with Gasteiger partial charge in [0.15, 0.2) is 0 Å². The third kappa shape index (κ3) is 4.96. The van der Waals surface area contributed by atoms with E-state index in [2.05, 4.69) is 73.9 Å². The molecule has 32 heavy (non-hydrogen) atoms. The standard InChI is InChI=1S/C28H32N2O2/c1-28(2,3)22-14-16-23(17-15-22)32-19-8-7-18-30-26-13-6-5-12-25(26)29-27(30)21-10-9-11-24(20-21)31-4/h5-6,9-17,20H,7-8,18-19H2,1-4H3. The zero-order chi connectivity index (χ0) is 22.6. The van der Waals surface area contributed by atoms with E-state index in [1.54, 1.807) is 7.11 Å². The highest BCUT2D eigenvalue weighted by atomic mass is 16.5. The van der Waals surface area contributed by atoms with Gasteiger partial charge in [-0.25, -0.2) is 4.98 Å². The molecule has 0 bridgehead atoms. The average Bonchev–Trinajstić information content (AvgIpc) is 3.17. The van der Waals surface area contributed by atoms with Crippen LogP contribution in [0.5, 0.6) is 11.5 Å². The number of fused-ring (bicyclic) bond motifs is 1. The largest absolute Gasteiger partial charge is 0.497 e. The number of para-hydroxylation sites is 2. The molecule has 4 aromatic rings. The van der Waals surface area contributed by atoms with Gasteiger partial charge in [-0.1, -0.05) is 57.2 Å². The predicted octanol–water partition coefficient (Wildman–Crippen LogP) is 6.87. The number of hydrogen-bond donors (Lipinski definition) is 0. The summed E-state index contributed by atoms with van der Waals surface area (Å²) in [6.07, 6.45) is 1.99. The molecule has 0 aliphatic carbocycles. The zero-order valence-corrected chi connectivity index (χ0v) is 19.5. The highest BCUT2D eigenvalue weighted by Crippen LogP contribution is 2.28. The van der Waals surface area contributed by atoms with Gasteiger partial charge in [-0.15, -0.1) is 0 Å². The number of ether oxygens (including phenoxy) is 2. The van der Waals surface area contributed by atoms with Gasteiger partial charge in [-0.3, -0.25) is 0 Å². The Morgan fingerprint density at radius 2 is 1.62 bits per heavy atom. The van der Waals surface area contributed by atoms with Crippen LogP contribution in [0, 0.1) is 0 Å². The number of rotatable bonds is 8. The first-order chi connectivity index (χ1) is 15.5. The normalized spacial score (nSPS) is 11.6. The Morgan fingerprint density at radius 1 is 0.844 bits per heavy atom. The molecule has 1 heterocycles. The molecule has 0 unspecified atom stereocenters. The van der Waals surface area contributed by atoms with E-state index in [0.717, 1.165) is 53.3 Å². The van der Waals surface area contributed by atoms with Crippen molar-refractivity contribution in [2.75, 3.05) is 13.7 Å². The number of aryl methyl sites for hydroxylation is 1. The molecule has 0 N–H and O–H groups in total. The first kappa shape index (κ1) is 21.9. The van der Waals surface area contributed by atoms with E-state index in [0.29, 0.717) is 6.61 Å². The van der Waals surface area contributed by atoms with E-state index in [-0.39, 0.29) is 5.41 Å². The van der Waals surface area contributed by atoms with Crippen LogP contribution in [-0.4, -0.2) is 23.3 Å². The lowest BCUT2D eigenvalue weighted by Gasteiger charge is -2.19. The number of methoxy groups -OCH3 is 1. The molecule has 1 aromatic heterocycles. The van der Waals surface area contributed by atoms with Crippen molar-refractivity contribution in [2.24, 2.45) is 0 Å². The number of imidazole rings is 1. The summed E-state index contributed by atoms with van der Waals surface area (Å²) < 4.78 is 13.7. The summed E-state index contributed by atoms with van der Waals surface area (Å²) in [5, 5.41) is 0. The maximum Gasteiger partial charge on any atom is 0.141 e. The van der Waals surface area contributed by atoms with Crippen LogP contribution >= 0.6 is 0 Å². The van der Waals surface area contributed by atoms with Crippen molar-refractivity contribution < 1.29 is 9.47 Å². The molecule has 0 radical (unpaired) electrons. The fourth-order valence-electron chi connectivity index (χ4n) is 3.90. The average molecular weight is 429 g/mol. The summed E-state index contributed by atoms with van der Waals surface area (Å²) in [5.74, 6) is 2.75. The van der Waals surface area contributed by atoms with Crippen LogP contribution in [0.4, 0.5) is 0 Å². The molecule has 0 fully saturated rings. The van der Waals surface area contributed by atoms with Crippen molar-refractivity contribution in [3.8, 4) is 22.9 Å². The van der Waals surface area contributed by atoms with Gasteiger partial charge in [0.25, 0.3) is 0 Å². The third-order valence-electron chi connectivity index (χ3n) is 5.75. The molecule has 4 heteroatoms. The van der Waals surface area contributed by atoms with Gasteiger partial charge >= 0.3 is 0 Å². The van der Waals surface area contributed by atoms with E-state index < -0.39 is 0 Å². The van der Waals surface area contributed by atoms with E-state index in [9.17, 15) is 0 Å². The van der Waals surface area contributed by atoms with Crippen molar-refractivity contribution in [1.82, 2.24) is 9.55 Å². The molecule has 0 amide bonds. The summed E-state index contributed by atoms with van der Waals surface area (Å²) in [4.78, 5) is 4.91. The quantitative estimate of drug-likeness (QED) is 0.287. The second-order valence-corrected chi connectivity index (χ2v) is 9.14. The molecule has 4 rings (SSSR count). The monoisotopic (exact) mass is 428 g/mol. The summed E-state index contributed by atoms with van der Waals surface area (Å²) in [6, 6.07) is 24.9. The molecule has 166 valence electrons. The van der Waals surface area contributed by atoms with Gasteiger partial charge in [0, 0.05) is 12.1 Å². The number of nitrogens with zero attached hydrogens (tertiary/aromatic N) is 2. The Hall–Kier alpha value is -3.27. The molecule has 4 nitrogen and oxygen atoms in total. The van der Waals surface area contributed by atoms with Crippen LogP contribution in [0.1, 0.15) is 39.2 Å². The predicted molar refractivity (Wildman–Crippen MR) is 132 cm³/mol. The van der Waals surface area contributed by atoms with Crippen LogP contribution in [0.2, 0.25) is 0 Å². The fourth-order valence-corrected chi connectivity index (χ4v) is 3.90. The Labute approximate surface area is 190 Å². The molecule has 0 atom stereocenters. The summed E-state index contributed by atoms with van der Waals surface area (Å²) in [5.41, 5.74) is 4.72. The number of hydrogen-bond acceptors (Lipinski definition) is 3. The summed E-state index contributed by atoms with van der Waals surface area (Å²) in [6.45, 7) is 8.27. The lowest BCUT2D eigenvalue weighted by molar-refractivity contribution is 0.303. The smallest absolute Gasteiger partial charge is 0.141 e. The van der Waals surface area contributed by atoms with Crippen LogP contribution in [0.15, 0.2) is 72.8 Å². The van der Waals surface area contributed by atoms with Gasteiger partial charge in [-0.05, 0) is 60.2 Å². The first-order valence-corrected chi connectivity index (χ1v) is 11.3. The van der Waals surface area contributed by atoms with E-state index >= 15 is 0 Å². The van der Waals surface area contributed by atoms with Gasteiger partial charge < -0.3 is 14.0 Å². The first-order valence-electron chi connectivity index (χ1n) is 11.3. The summed E-state index contributed by atoms with van der Waals surface area (Å²) in [7, 11) is 1.69. The molecule has 0 spiro atoms. The van der Waals surface area contributed by atoms with Crippen LogP contribution < -0.4 is 9.47 Å². The van der Waals surface area contributed by atoms with Crippen molar-refractivity contribution in [3.05, 3.63) is 78.4 Å². The maximum absolute atomic E-state index is 5.98. The molecule has 0 saturated carbocycles. The van der Waals surface area contributed by atoms with E-state index in [1.807, 2.05) is 24.3 Å². The molecule has 3 aromatic carbocycles.